The number of nitrogens with one attached hydrogen (secondary N) is 1. The van der Waals surface area contributed by atoms with Gasteiger partial charge in [0.2, 0.25) is 0 Å². The fraction of sp³-hybridized carbons (Fsp3) is 0.667. The molecule has 0 aliphatic heterocycles. The van der Waals surface area contributed by atoms with Gasteiger partial charge in [-0.15, -0.1) is 5.10 Å². The van der Waals surface area contributed by atoms with E-state index in [4.69, 9.17) is 0 Å². The summed E-state index contributed by atoms with van der Waals surface area (Å²) in [4.78, 5) is 12.6. The molecule has 1 heterocycles. The molecule has 1 fully saturated rings. The summed E-state index contributed by atoms with van der Waals surface area (Å²) < 4.78 is 3.81. The zero-order chi connectivity index (χ0) is 10.9. The van der Waals surface area contributed by atoms with Crippen molar-refractivity contribution >= 4 is 33.4 Å². The van der Waals surface area contributed by atoms with Crippen molar-refractivity contribution in [2.45, 2.75) is 31.7 Å². The second kappa shape index (κ2) is 4.17. The Morgan fingerprint density at radius 2 is 2.40 bits per heavy atom. The third-order valence-electron chi connectivity index (χ3n) is 2.58. The van der Waals surface area contributed by atoms with E-state index < -0.39 is 0 Å². The van der Waals surface area contributed by atoms with Gasteiger partial charge in [0.1, 0.15) is 4.88 Å². The molecule has 0 unspecified atom stereocenters. The van der Waals surface area contributed by atoms with Crippen molar-refractivity contribution in [3.05, 3.63) is 10.6 Å². The van der Waals surface area contributed by atoms with Gasteiger partial charge in [0.15, 0.2) is 0 Å². The van der Waals surface area contributed by atoms with E-state index in [1.54, 1.807) is 0 Å². The molecule has 82 valence electrons. The summed E-state index contributed by atoms with van der Waals surface area (Å²) in [6.07, 6.45) is 2.86. The van der Waals surface area contributed by atoms with Crippen molar-refractivity contribution < 1.29 is 4.79 Å². The normalized spacial score (nSPS) is 17.5. The average Bonchev–Trinajstić information content (AvgIpc) is 2.85. The largest absolute Gasteiger partial charge is 0.345 e. The Bertz CT molecular complexity index is 375. The molecule has 15 heavy (non-hydrogen) atoms. The highest BCUT2D eigenvalue weighted by Gasteiger charge is 2.43. The Morgan fingerprint density at radius 1 is 1.67 bits per heavy atom. The standard InChI is InChI=1S/C9H12BrN3OS/c1-2-6-7(15-13-12-6)8(14)11-9(5-10)3-4-9/h2-5H2,1H3,(H,11,14). The Kier molecular flexibility index (Phi) is 3.06. The molecule has 0 radical (unpaired) electrons. The summed E-state index contributed by atoms with van der Waals surface area (Å²) in [5, 5.41) is 7.79. The number of aromatic nitrogens is 2. The van der Waals surface area contributed by atoms with Gasteiger partial charge in [-0.1, -0.05) is 27.3 Å². The molecule has 0 atom stereocenters. The number of halogens is 1. The van der Waals surface area contributed by atoms with Gasteiger partial charge in [-0.3, -0.25) is 4.79 Å². The number of carbonyl (C=O) groups excluding carboxylic acids is 1. The molecule has 0 bridgehead atoms. The fourth-order valence-corrected chi connectivity index (χ4v) is 2.70. The van der Waals surface area contributed by atoms with E-state index in [9.17, 15) is 4.79 Å². The molecule has 1 aliphatic rings. The lowest BCUT2D eigenvalue weighted by atomic mass is 10.2. The van der Waals surface area contributed by atoms with Crippen LogP contribution >= 0.6 is 27.5 Å². The van der Waals surface area contributed by atoms with Crippen molar-refractivity contribution in [2.24, 2.45) is 0 Å². The van der Waals surface area contributed by atoms with Gasteiger partial charge in [0.25, 0.3) is 5.91 Å². The van der Waals surface area contributed by atoms with Crippen LogP contribution < -0.4 is 5.32 Å². The smallest absolute Gasteiger partial charge is 0.265 e. The first kappa shape index (κ1) is 11.0. The summed E-state index contributed by atoms with van der Waals surface area (Å²) in [5.41, 5.74) is 0.786. The molecule has 1 aromatic rings. The number of alkyl halides is 1. The van der Waals surface area contributed by atoms with Crippen LogP contribution in [0.3, 0.4) is 0 Å². The van der Waals surface area contributed by atoms with Crippen LogP contribution in [0.5, 0.6) is 0 Å². The van der Waals surface area contributed by atoms with Gasteiger partial charge in [0.05, 0.1) is 11.2 Å². The molecule has 1 aromatic heterocycles. The summed E-state index contributed by atoms with van der Waals surface area (Å²) in [7, 11) is 0. The van der Waals surface area contributed by atoms with Gasteiger partial charge in [-0.2, -0.15) is 0 Å². The van der Waals surface area contributed by atoms with Crippen LogP contribution in [0.1, 0.15) is 35.1 Å². The van der Waals surface area contributed by atoms with Crippen LogP contribution in [0.4, 0.5) is 0 Å². The lowest BCUT2D eigenvalue weighted by molar-refractivity contribution is 0.0939. The minimum absolute atomic E-state index is 0.00785. The van der Waals surface area contributed by atoms with E-state index in [1.807, 2.05) is 6.92 Å². The zero-order valence-electron chi connectivity index (χ0n) is 8.42. The van der Waals surface area contributed by atoms with Crippen molar-refractivity contribution in [1.82, 2.24) is 14.9 Å². The van der Waals surface area contributed by atoms with Crippen LogP contribution in [-0.4, -0.2) is 26.4 Å². The number of hydrogen-bond acceptors (Lipinski definition) is 4. The average molecular weight is 290 g/mol. The highest BCUT2D eigenvalue weighted by Crippen LogP contribution is 2.37. The maximum atomic E-state index is 11.9. The molecule has 1 saturated carbocycles. The summed E-state index contributed by atoms with van der Waals surface area (Å²) in [6, 6.07) is 0. The van der Waals surface area contributed by atoms with E-state index in [-0.39, 0.29) is 11.4 Å². The summed E-state index contributed by atoms with van der Waals surface area (Å²) in [6.45, 7) is 1.98. The van der Waals surface area contributed by atoms with Crippen molar-refractivity contribution in [1.29, 1.82) is 0 Å². The molecular weight excluding hydrogens is 278 g/mol. The Balaban J connectivity index is 2.08. The molecule has 1 N–H and O–H groups in total. The minimum Gasteiger partial charge on any atom is -0.345 e. The number of rotatable bonds is 4. The molecule has 0 spiro atoms. The SMILES string of the molecule is CCc1nnsc1C(=O)NC1(CBr)CC1. The van der Waals surface area contributed by atoms with E-state index in [2.05, 4.69) is 30.8 Å². The summed E-state index contributed by atoms with van der Waals surface area (Å²) in [5.74, 6) is -0.0289. The number of hydrogen-bond donors (Lipinski definition) is 1. The van der Waals surface area contributed by atoms with Crippen LogP contribution in [-0.2, 0) is 6.42 Å². The quantitative estimate of drug-likeness (QED) is 0.860. The highest BCUT2D eigenvalue weighted by molar-refractivity contribution is 9.09. The van der Waals surface area contributed by atoms with Crippen LogP contribution in [0, 0.1) is 0 Å². The van der Waals surface area contributed by atoms with E-state index in [0.29, 0.717) is 4.88 Å². The molecular formula is C9H12BrN3OS. The number of amides is 1. The Morgan fingerprint density at radius 3 is 2.93 bits per heavy atom. The predicted octanol–water partition coefficient (Wildman–Crippen LogP) is 1.76. The van der Waals surface area contributed by atoms with Crippen LogP contribution in [0.2, 0.25) is 0 Å². The lowest BCUT2D eigenvalue weighted by Crippen LogP contribution is -2.38. The molecule has 0 saturated heterocycles. The molecule has 0 aromatic carbocycles. The molecule has 1 aliphatic carbocycles. The van der Waals surface area contributed by atoms with Gasteiger partial charge < -0.3 is 5.32 Å². The first-order valence-corrected chi connectivity index (χ1v) is 6.80. The number of carbonyl (C=O) groups is 1. The van der Waals surface area contributed by atoms with Crippen LogP contribution in [0.25, 0.3) is 0 Å². The second-order valence-corrected chi connectivity index (χ2v) is 5.09. The molecule has 1 amide bonds. The van der Waals surface area contributed by atoms with Crippen molar-refractivity contribution in [3.63, 3.8) is 0 Å². The van der Waals surface area contributed by atoms with Gasteiger partial charge >= 0.3 is 0 Å². The summed E-state index contributed by atoms with van der Waals surface area (Å²) >= 11 is 4.59. The first-order chi connectivity index (χ1) is 7.21. The Hall–Kier alpha value is -0.490. The van der Waals surface area contributed by atoms with Gasteiger partial charge in [-0.05, 0) is 30.8 Å². The fourth-order valence-electron chi connectivity index (χ4n) is 1.35. The third-order valence-corrected chi connectivity index (χ3v) is 4.43. The van der Waals surface area contributed by atoms with Gasteiger partial charge in [0, 0.05) is 5.33 Å². The maximum absolute atomic E-state index is 11.9. The van der Waals surface area contributed by atoms with Crippen LogP contribution in [0.15, 0.2) is 0 Å². The van der Waals surface area contributed by atoms with Crippen molar-refractivity contribution in [3.8, 4) is 0 Å². The van der Waals surface area contributed by atoms with E-state index in [1.165, 1.54) is 11.5 Å². The number of aryl methyl sites for hydroxylation is 1. The predicted molar refractivity (Wildman–Crippen MR) is 62.5 cm³/mol. The van der Waals surface area contributed by atoms with E-state index >= 15 is 0 Å². The third kappa shape index (κ3) is 2.20. The topological polar surface area (TPSA) is 54.9 Å². The highest BCUT2D eigenvalue weighted by atomic mass is 79.9. The number of nitrogens with zero attached hydrogens (tertiary/aromatic N) is 2. The molecule has 2 rings (SSSR count). The zero-order valence-corrected chi connectivity index (χ0v) is 10.8. The molecule has 6 heteroatoms. The lowest BCUT2D eigenvalue weighted by Gasteiger charge is -2.13. The van der Waals surface area contributed by atoms with E-state index in [0.717, 1.165) is 30.3 Å². The van der Waals surface area contributed by atoms with Gasteiger partial charge in [-0.25, -0.2) is 0 Å². The second-order valence-electron chi connectivity index (χ2n) is 3.77. The minimum atomic E-state index is -0.0289. The monoisotopic (exact) mass is 289 g/mol. The van der Waals surface area contributed by atoms with Crippen molar-refractivity contribution in [2.75, 3.05) is 5.33 Å². The Labute approximate surface area is 101 Å². The first-order valence-electron chi connectivity index (χ1n) is 4.90. The molecule has 4 nitrogen and oxygen atoms in total. The maximum Gasteiger partial charge on any atom is 0.265 e.